The van der Waals surface area contributed by atoms with Crippen molar-refractivity contribution in [2.45, 2.75) is 44.7 Å². The number of halogens is 1. The standard InChI is InChI=1S/C14H19BrN2/c15-13-7-11(8-16-9-13)10-17-6-2-4-12-3-1-5-14(12)17/h7-9,12,14H,1-6,10H2. The van der Waals surface area contributed by atoms with Gasteiger partial charge in [-0.05, 0) is 65.7 Å². The van der Waals surface area contributed by atoms with Crippen molar-refractivity contribution in [3.05, 3.63) is 28.5 Å². The maximum absolute atomic E-state index is 4.26. The first kappa shape index (κ1) is 11.7. The van der Waals surface area contributed by atoms with Crippen molar-refractivity contribution in [1.82, 2.24) is 9.88 Å². The Morgan fingerprint density at radius 2 is 2.12 bits per heavy atom. The van der Waals surface area contributed by atoms with Crippen LogP contribution in [0.2, 0.25) is 0 Å². The van der Waals surface area contributed by atoms with Crippen molar-refractivity contribution in [1.29, 1.82) is 0 Å². The smallest absolute Gasteiger partial charge is 0.0410 e. The quantitative estimate of drug-likeness (QED) is 0.828. The van der Waals surface area contributed by atoms with Gasteiger partial charge in [0.15, 0.2) is 0 Å². The van der Waals surface area contributed by atoms with Gasteiger partial charge in [-0.25, -0.2) is 0 Å². The Morgan fingerprint density at radius 1 is 1.24 bits per heavy atom. The minimum Gasteiger partial charge on any atom is -0.296 e. The molecule has 2 unspecified atom stereocenters. The molecule has 0 aromatic carbocycles. The fourth-order valence-electron chi connectivity index (χ4n) is 3.53. The lowest BCUT2D eigenvalue weighted by Gasteiger charge is -2.37. The summed E-state index contributed by atoms with van der Waals surface area (Å²) >= 11 is 3.50. The maximum Gasteiger partial charge on any atom is 0.0410 e. The van der Waals surface area contributed by atoms with Crippen LogP contribution in [-0.4, -0.2) is 22.5 Å². The molecule has 2 aliphatic rings. The minimum absolute atomic E-state index is 0.850. The molecule has 1 saturated carbocycles. The third kappa shape index (κ3) is 2.55. The lowest BCUT2D eigenvalue weighted by molar-refractivity contribution is 0.106. The first-order chi connectivity index (χ1) is 8.33. The van der Waals surface area contributed by atoms with E-state index in [1.165, 1.54) is 44.2 Å². The van der Waals surface area contributed by atoms with Crippen LogP contribution in [0.4, 0.5) is 0 Å². The Balaban J connectivity index is 1.71. The summed E-state index contributed by atoms with van der Waals surface area (Å²) in [5.41, 5.74) is 1.34. The van der Waals surface area contributed by atoms with Crippen LogP contribution >= 0.6 is 15.9 Å². The van der Waals surface area contributed by atoms with E-state index in [0.29, 0.717) is 0 Å². The molecule has 0 amide bonds. The number of pyridine rings is 1. The molecule has 2 atom stereocenters. The van der Waals surface area contributed by atoms with Gasteiger partial charge in [0.2, 0.25) is 0 Å². The molecule has 3 heteroatoms. The van der Waals surface area contributed by atoms with E-state index in [-0.39, 0.29) is 0 Å². The largest absolute Gasteiger partial charge is 0.296 e. The monoisotopic (exact) mass is 294 g/mol. The highest BCUT2D eigenvalue weighted by Crippen LogP contribution is 2.37. The number of piperidine rings is 1. The van der Waals surface area contributed by atoms with Crippen molar-refractivity contribution < 1.29 is 0 Å². The van der Waals surface area contributed by atoms with Crippen LogP contribution in [0, 0.1) is 5.92 Å². The Kier molecular flexibility index (Phi) is 3.48. The number of hydrogen-bond donors (Lipinski definition) is 0. The van der Waals surface area contributed by atoms with E-state index in [4.69, 9.17) is 0 Å². The summed E-state index contributed by atoms with van der Waals surface area (Å²) in [6, 6.07) is 3.05. The lowest BCUT2D eigenvalue weighted by atomic mass is 9.92. The highest BCUT2D eigenvalue weighted by molar-refractivity contribution is 9.10. The molecule has 0 bridgehead atoms. The molecule has 2 nitrogen and oxygen atoms in total. The molecular weight excluding hydrogens is 276 g/mol. The number of hydrogen-bond acceptors (Lipinski definition) is 2. The van der Waals surface area contributed by atoms with Gasteiger partial charge in [0.05, 0.1) is 0 Å². The topological polar surface area (TPSA) is 16.1 Å². The Hall–Kier alpha value is -0.410. The van der Waals surface area contributed by atoms with Crippen molar-refractivity contribution in [2.24, 2.45) is 5.92 Å². The molecule has 0 spiro atoms. The predicted octanol–water partition coefficient (Wildman–Crippen LogP) is 3.61. The predicted molar refractivity (Wildman–Crippen MR) is 72.7 cm³/mol. The van der Waals surface area contributed by atoms with Crippen molar-refractivity contribution >= 4 is 15.9 Å². The Bertz CT molecular complexity index is 394. The lowest BCUT2D eigenvalue weighted by Crippen LogP contribution is -2.41. The summed E-state index contributed by atoms with van der Waals surface area (Å²) in [7, 11) is 0. The zero-order valence-corrected chi connectivity index (χ0v) is 11.7. The number of aromatic nitrogens is 1. The molecule has 2 heterocycles. The normalized spacial score (nSPS) is 29.2. The highest BCUT2D eigenvalue weighted by atomic mass is 79.9. The van der Waals surface area contributed by atoms with E-state index in [1.54, 1.807) is 0 Å². The first-order valence-electron chi connectivity index (χ1n) is 6.66. The summed E-state index contributed by atoms with van der Waals surface area (Å²) in [6.45, 7) is 2.35. The molecule has 1 aliphatic carbocycles. The van der Waals surface area contributed by atoms with Gasteiger partial charge in [-0.2, -0.15) is 0 Å². The third-order valence-electron chi connectivity index (χ3n) is 4.26. The first-order valence-corrected chi connectivity index (χ1v) is 7.46. The molecule has 1 aliphatic heterocycles. The van der Waals surface area contributed by atoms with Gasteiger partial charge in [-0.1, -0.05) is 6.42 Å². The van der Waals surface area contributed by atoms with Crippen LogP contribution in [0.15, 0.2) is 22.9 Å². The van der Waals surface area contributed by atoms with Crippen LogP contribution in [0.3, 0.4) is 0 Å². The number of fused-ring (bicyclic) bond motifs is 1. The number of likely N-dealkylation sites (tertiary alicyclic amines) is 1. The van der Waals surface area contributed by atoms with E-state index in [0.717, 1.165) is 23.0 Å². The van der Waals surface area contributed by atoms with Gasteiger partial charge < -0.3 is 0 Å². The molecule has 0 N–H and O–H groups in total. The molecule has 1 saturated heterocycles. The second kappa shape index (κ2) is 5.07. The van der Waals surface area contributed by atoms with E-state index >= 15 is 0 Å². The van der Waals surface area contributed by atoms with Gasteiger partial charge in [0.1, 0.15) is 0 Å². The molecule has 1 aromatic rings. The Morgan fingerprint density at radius 3 is 3.00 bits per heavy atom. The van der Waals surface area contributed by atoms with E-state index < -0.39 is 0 Å². The molecule has 92 valence electrons. The summed E-state index contributed by atoms with van der Waals surface area (Å²) < 4.78 is 1.09. The summed E-state index contributed by atoms with van der Waals surface area (Å²) in [6.07, 6.45) is 11.0. The molecule has 1 aromatic heterocycles. The molecule has 17 heavy (non-hydrogen) atoms. The van der Waals surface area contributed by atoms with Crippen LogP contribution in [-0.2, 0) is 6.54 Å². The fourth-order valence-corrected chi connectivity index (χ4v) is 3.94. The van der Waals surface area contributed by atoms with Gasteiger partial charge >= 0.3 is 0 Å². The third-order valence-corrected chi connectivity index (χ3v) is 4.69. The second-order valence-electron chi connectivity index (χ2n) is 5.38. The maximum atomic E-state index is 4.26. The Labute approximate surface area is 112 Å². The molecule has 2 fully saturated rings. The van der Waals surface area contributed by atoms with Crippen molar-refractivity contribution in [2.75, 3.05) is 6.54 Å². The molecule has 0 radical (unpaired) electrons. The van der Waals surface area contributed by atoms with Crippen LogP contribution in [0.5, 0.6) is 0 Å². The fraction of sp³-hybridized carbons (Fsp3) is 0.643. The van der Waals surface area contributed by atoms with Gasteiger partial charge in [0.25, 0.3) is 0 Å². The minimum atomic E-state index is 0.850. The average molecular weight is 295 g/mol. The zero-order chi connectivity index (χ0) is 11.7. The highest BCUT2D eigenvalue weighted by Gasteiger charge is 2.34. The van der Waals surface area contributed by atoms with Crippen LogP contribution in [0.1, 0.15) is 37.7 Å². The van der Waals surface area contributed by atoms with Gasteiger partial charge in [-0.15, -0.1) is 0 Å². The van der Waals surface area contributed by atoms with Crippen molar-refractivity contribution in [3.8, 4) is 0 Å². The van der Waals surface area contributed by atoms with Gasteiger partial charge in [0, 0.05) is 29.5 Å². The molecule has 3 rings (SSSR count). The van der Waals surface area contributed by atoms with Crippen molar-refractivity contribution in [3.63, 3.8) is 0 Å². The molecular formula is C14H19BrN2. The second-order valence-corrected chi connectivity index (χ2v) is 6.30. The van der Waals surface area contributed by atoms with Crippen LogP contribution in [0.25, 0.3) is 0 Å². The summed E-state index contributed by atoms with van der Waals surface area (Å²) in [5, 5.41) is 0. The number of rotatable bonds is 2. The number of nitrogens with zero attached hydrogens (tertiary/aromatic N) is 2. The van der Waals surface area contributed by atoms with E-state index in [2.05, 4.69) is 31.9 Å². The van der Waals surface area contributed by atoms with Gasteiger partial charge in [-0.3, -0.25) is 9.88 Å². The van der Waals surface area contributed by atoms with E-state index in [1.807, 2.05) is 12.4 Å². The summed E-state index contributed by atoms with van der Waals surface area (Å²) in [5.74, 6) is 0.976. The van der Waals surface area contributed by atoms with E-state index in [9.17, 15) is 0 Å². The SMILES string of the molecule is Brc1cncc(CN2CCCC3CCCC32)c1. The van der Waals surface area contributed by atoms with Crippen LogP contribution < -0.4 is 0 Å². The average Bonchev–Trinajstić information content (AvgIpc) is 2.78. The zero-order valence-electron chi connectivity index (χ0n) is 10.1. The summed E-state index contributed by atoms with van der Waals surface area (Å²) in [4.78, 5) is 6.95.